The van der Waals surface area contributed by atoms with Crippen molar-refractivity contribution >= 4 is 34.8 Å². The van der Waals surface area contributed by atoms with Gasteiger partial charge in [0.1, 0.15) is 0 Å². The zero-order valence-corrected chi connectivity index (χ0v) is 10.9. The summed E-state index contributed by atoms with van der Waals surface area (Å²) in [4.78, 5) is 13.7. The van der Waals surface area contributed by atoms with E-state index >= 15 is 0 Å². The third-order valence-corrected chi connectivity index (χ3v) is 3.38. The van der Waals surface area contributed by atoms with Crippen LogP contribution < -0.4 is 5.32 Å². The van der Waals surface area contributed by atoms with Gasteiger partial charge in [0.15, 0.2) is 0 Å². The van der Waals surface area contributed by atoms with Gasteiger partial charge in [-0.15, -0.1) is 0 Å². The molecule has 0 radical (unpaired) electrons. The summed E-state index contributed by atoms with van der Waals surface area (Å²) in [5.74, 6) is 0.110. The lowest BCUT2D eigenvalue weighted by atomic mass is 10.3. The molecule has 0 unspecified atom stereocenters. The molecule has 0 atom stereocenters. The molecule has 0 bridgehead atoms. The summed E-state index contributed by atoms with van der Waals surface area (Å²) in [7, 11) is 0. The first-order valence-corrected chi connectivity index (χ1v) is 6.39. The molecule has 1 amide bonds. The van der Waals surface area contributed by atoms with Crippen molar-refractivity contribution in [3.05, 3.63) is 28.2 Å². The quantitative estimate of drug-likeness (QED) is 0.918. The van der Waals surface area contributed by atoms with Gasteiger partial charge >= 0.3 is 0 Å². The number of anilines is 1. The molecule has 0 spiro atoms. The van der Waals surface area contributed by atoms with Crippen molar-refractivity contribution in [2.24, 2.45) is 0 Å². The topological polar surface area (TPSA) is 32.3 Å². The Hall–Kier alpha value is -0.930. The van der Waals surface area contributed by atoms with Crippen molar-refractivity contribution in [3.8, 4) is 0 Å². The molecule has 1 saturated heterocycles. The maximum atomic E-state index is 11.8. The van der Waals surface area contributed by atoms with Crippen LogP contribution in [0.25, 0.3) is 0 Å². The molecule has 1 aromatic rings. The lowest BCUT2D eigenvalue weighted by Gasteiger charge is -2.16. The van der Waals surface area contributed by atoms with Gasteiger partial charge in [-0.3, -0.25) is 4.79 Å². The molecule has 1 aromatic carbocycles. The van der Waals surface area contributed by atoms with Gasteiger partial charge in [0.25, 0.3) is 0 Å². The Morgan fingerprint density at radius 1 is 1.29 bits per heavy atom. The predicted octanol–water partition coefficient (Wildman–Crippen LogP) is 3.03. The van der Waals surface area contributed by atoms with Gasteiger partial charge in [-0.05, 0) is 31.0 Å². The van der Waals surface area contributed by atoms with Crippen molar-refractivity contribution in [3.63, 3.8) is 0 Å². The van der Waals surface area contributed by atoms with Crippen LogP contribution in [0.3, 0.4) is 0 Å². The molecule has 2 rings (SSSR count). The molecule has 92 valence electrons. The van der Waals surface area contributed by atoms with E-state index < -0.39 is 0 Å². The monoisotopic (exact) mass is 272 g/mol. The summed E-state index contributed by atoms with van der Waals surface area (Å²) in [6, 6.07) is 5.16. The summed E-state index contributed by atoms with van der Waals surface area (Å²) in [5, 5.41) is 4.20. The molecule has 0 aromatic heterocycles. The number of nitrogens with zero attached hydrogens (tertiary/aromatic N) is 1. The first-order chi connectivity index (χ1) is 8.16. The summed E-state index contributed by atoms with van der Waals surface area (Å²) in [6.45, 7) is 1.99. The van der Waals surface area contributed by atoms with Gasteiger partial charge in [0, 0.05) is 18.1 Å². The van der Waals surface area contributed by atoms with Crippen molar-refractivity contribution in [1.82, 2.24) is 4.90 Å². The average molecular weight is 273 g/mol. The molecule has 5 heteroatoms. The Balaban J connectivity index is 1.92. The molecule has 1 heterocycles. The number of hydrogen-bond acceptors (Lipinski definition) is 2. The summed E-state index contributed by atoms with van der Waals surface area (Å²) in [5.41, 5.74) is 0.701. The molecule has 3 nitrogen and oxygen atoms in total. The first kappa shape index (κ1) is 12.5. The highest BCUT2D eigenvalue weighted by Crippen LogP contribution is 2.25. The smallest absolute Gasteiger partial charge is 0.241 e. The zero-order chi connectivity index (χ0) is 12.3. The van der Waals surface area contributed by atoms with E-state index in [2.05, 4.69) is 5.32 Å². The minimum absolute atomic E-state index is 0.110. The molecule has 0 saturated carbocycles. The molecule has 1 N–H and O–H groups in total. The van der Waals surface area contributed by atoms with Crippen molar-refractivity contribution < 1.29 is 4.79 Å². The Morgan fingerprint density at radius 2 is 2.00 bits per heavy atom. The van der Waals surface area contributed by atoms with Gasteiger partial charge < -0.3 is 10.2 Å². The SMILES string of the molecule is O=C(CNc1cc(Cl)ccc1Cl)N1CCCC1. The maximum Gasteiger partial charge on any atom is 0.241 e. The van der Waals surface area contributed by atoms with Crippen LogP contribution in [0.5, 0.6) is 0 Å². The number of benzene rings is 1. The lowest BCUT2D eigenvalue weighted by molar-refractivity contribution is -0.128. The predicted molar refractivity (Wildman–Crippen MR) is 70.8 cm³/mol. The highest BCUT2D eigenvalue weighted by Gasteiger charge is 2.17. The number of carbonyl (C=O) groups is 1. The Labute approximate surface area is 111 Å². The van der Waals surface area contributed by atoms with Crippen LogP contribution in [0.15, 0.2) is 18.2 Å². The number of rotatable bonds is 3. The van der Waals surface area contributed by atoms with Gasteiger partial charge in [-0.2, -0.15) is 0 Å². The van der Waals surface area contributed by atoms with E-state index in [9.17, 15) is 4.79 Å². The van der Waals surface area contributed by atoms with Crippen LogP contribution in [-0.4, -0.2) is 30.4 Å². The first-order valence-electron chi connectivity index (χ1n) is 5.63. The van der Waals surface area contributed by atoms with Crippen LogP contribution in [0, 0.1) is 0 Å². The lowest BCUT2D eigenvalue weighted by Crippen LogP contribution is -2.33. The number of likely N-dealkylation sites (tertiary alicyclic amines) is 1. The fourth-order valence-electron chi connectivity index (χ4n) is 1.88. The molecule has 0 aliphatic carbocycles. The van der Waals surface area contributed by atoms with E-state index in [0.29, 0.717) is 15.7 Å². The fraction of sp³-hybridized carbons (Fsp3) is 0.417. The Bertz CT molecular complexity index is 417. The van der Waals surface area contributed by atoms with Crippen LogP contribution in [-0.2, 0) is 4.79 Å². The fourth-order valence-corrected chi connectivity index (χ4v) is 2.24. The van der Waals surface area contributed by atoms with Crippen LogP contribution in [0.1, 0.15) is 12.8 Å². The summed E-state index contributed by atoms with van der Waals surface area (Å²) < 4.78 is 0. The van der Waals surface area contributed by atoms with E-state index in [0.717, 1.165) is 25.9 Å². The number of carbonyl (C=O) groups excluding carboxylic acids is 1. The van der Waals surface area contributed by atoms with Crippen molar-refractivity contribution in [2.75, 3.05) is 25.0 Å². The number of hydrogen-bond donors (Lipinski definition) is 1. The normalized spacial score (nSPS) is 15.1. The van der Waals surface area contributed by atoms with Gasteiger partial charge in [0.05, 0.1) is 17.3 Å². The highest BCUT2D eigenvalue weighted by atomic mass is 35.5. The molecule has 1 aliphatic heterocycles. The minimum Gasteiger partial charge on any atom is -0.375 e. The minimum atomic E-state index is 0.110. The van der Waals surface area contributed by atoms with Gasteiger partial charge in [0.2, 0.25) is 5.91 Å². The second-order valence-electron chi connectivity index (χ2n) is 4.07. The maximum absolute atomic E-state index is 11.8. The standard InChI is InChI=1S/C12H14Cl2N2O/c13-9-3-4-10(14)11(7-9)15-8-12(17)16-5-1-2-6-16/h3-4,7,15H,1-2,5-6,8H2. The second kappa shape index (κ2) is 5.61. The zero-order valence-electron chi connectivity index (χ0n) is 9.38. The van der Waals surface area contributed by atoms with E-state index in [1.165, 1.54) is 0 Å². The van der Waals surface area contributed by atoms with E-state index in [1.807, 2.05) is 4.90 Å². The Kier molecular flexibility index (Phi) is 4.13. The molecular formula is C12H14Cl2N2O. The van der Waals surface area contributed by atoms with E-state index in [-0.39, 0.29) is 12.5 Å². The van der Waals surface area contributed by atoms with Gasteiger partial charge in [-0.25, -0.2) is 0 Å². The molecule has 1 aliphatic rings. The van der Waals surface area contributed by atoms with Crippen LogP contribution >= 0.6 is 23.2 Å². The number of halogens is 2. The third-order valence-electron chi connectivity index (χ3n) is 2.82. The third kappa shape index (κ3) is 3.27. The summed E-state index contributed by atoms with van der Waals surface area (Å²) >= 11 is 11.9. The average Bonchev–Trinajstić information content (AvgIpc) is 2.83. The summed E-state index contributed by atoms with van der Waals surface area (Å²) in [6.07, 6.45) is 2.20. The van der Waals surface area contributed by atoms with Gasteiger partial charge in [-0.1, -0.05) is 23.2 Å². The van der Waals surface area contributed by atoms with Crippen molar-refractivity contribution in [1.29, 1.82) is 0 Å². The number of nitrogens with one attached hydrogen (secondary N) is 1. The van der Waals surface area contributed by atoms with Crippen LogP contribution in [0.2, 0.25) is 10.0 Å². The number of amides is 1. The van der Waals surface area contributed by atoms with E-state index in [4.69, 9.17) is 23.2 Å². The van der Waals surface area contributed by atoms with E-state index in [1.54, 1.807) is 18.2 Å². The van der Waals surface area contributed by atoms with Crippen molar-refractivity contribution in [2.45, 2.75) is 12.8 Å². The molecule has 17 heavy (non-hydrogen) atoms. The molecule has 1 fully saturated rings. The molecular weight excluding hydrogens is 259 g/mol. The van der Waals surface area contributed by atoms with Crippen LogP contribution in [0.4, 0.5) is 5.69 Å². The Morgan fingerprint density at radius 3 is 2.71 bits per heavy atom. The largest absolute Gasteiger partial charge is 0.375 e. The highest BCUT2D eigenvalue weighted by molar-refractivity contribution is 6.35. The second-order valence-corrected chi connectivity index (χ2v) is 4.91.